The molecule has 1 aliphatic heterocycles. The highest BCUT2D eigenvalue weighted by atomic mass is 35.5. The highest BCUT2D eigenvalue weighted by Gasteiger charge is 2.48. The molecular weight excluding hydrogens is 380 g/mol. The average Bonchev–Trinajstić information content (AvgIpc) is 2.61. The standard InChI is InChI=1S/C21H27ClN2O4/c1-5-27-18(25)17(14-23)21(15-7-6-8-16(22)13-15)9-11-24(12-10-21)19(26)28-20(2,3)4/h6-8,13,17H,5,9-12H2,1-4H3. The van der Waals surface area contributed by atoms with Crippen LogP contribution in [0.2, 0.25) is 5.02 Å². The molecule has 2 rings (SSSR count). The molecule has 0 aromatic heterocycles. The van der Waals surface area contributed by atoms with E-state index in [1.54, 1.807) is 30.0 Å². The number of piperidine rings is 1. The minimum absolute atomic E-state index is 0.201. The Morgan fingerprint density at radius 1 is 1.32 bits per heavy atom. The molecule has 7 heteroatoms. The van der Waals surface area contributed by atoms with Crippen molar-refractivity contribution in [2.75, 3.05) is 19.7 Å². The van der Waals surface area contributed by atoms with E-state index in [1.807, 2.05) is 26.8 Å². The molecule has 0 N–H and O–H groups in total. The van der Waals surface area contributed by atoms with Crippen LogP contribution >= 0.6 is 11.6 Å². The zero-order valence-electron chi connectivity index (χ0n) is 16.8. The van der Waals surface area contributed by atoms with Crippen LogP contribution < -0.4 is 0 Å². The number of carbonyl (C=O) groups is 2. The second-order valence-corrected chi connectivity index (χ2v) is 8.38. The number of ether oxygens (including phenoxy) is 2. The number of rotatable bonds is 4. The normalized spacial score (nSPS) is 17.4. The molecule has 0 bridgehead atoms. The van der Waals surface area contributed by atoms with Crippen molar-refractivity contribution in [2.45, 2.75) is 51.6 Å². The maximum absolute atomic E-state index is 12.6. The highest BCUT2D eigenvalue weighted by Crippen LogP contribution is 2.43. The van der Waals surface area contributed by atoms with Crippen molar-refractivity contribution in [2.24, 2.45) is 5.92 Å². The van der Waals surface area contributed by atoms with Crippen molar-refractivity contribution < 1.29 is 19.1 Å². The zero-order valence-corrected chi connectivity index (χ0v) is 17.6. The van der Waals surface area contributed by atoms with E-state index in [1.165, 1.54) is 0 Å². The molecule has 152 valence electrons. The van der Waals surface area contributed by atoms with Gasteiger partial charge in [-0.25, -0.2) is 4.79 Å². The van der Waals surface area contributed by atoms with E-state index in [4.69, 9.17) is 21.1 Å². The largest absolute Gasteiger partial charge is 0.465 e. The lowest BCUT2D eigenvalue weighted by Gasteiger charge is -2.44. The highest BCUT2D eigenvalue weighted by molar-refractivity contribution is 6.30. The summed E-state index contributed by atoms with van der Waals surface area (Å²) in [7, 11) is 0. The number of likely N-dealkylation sites (tertiary alicyclic amines) is 1. The Labute approximate surface area is 171 Å². The molecule has 1 atom stereocenters. The lowest BCUT2D eigenvalue weighted by Crippen LogP contribution is -2.51. The number of amides is 1. The monoisotopic (exact) mass is 406 g/mol. The predicted molar refractivity (Wildman–Crippen MR) is 106 cm³/mol. The lowest BCUT2D eigenvalue weighted by molar-refractivity contribution is -0.149. The molecule has 1 aromatic rings. The predicted octanol–water partition coefficient (Wildman–Crippen LogP) is 4.31. The summed E-state index contributed by atoms with van der Waals surface area (Å²) in [6, 6.07) is 9.36. The van der Waals surface area contributed by atoms with E-state index in [0.29, 0.717) is 31.0 Å². The molecule has 0 spiro atoms. The van der Waals surface area contributed by atoms with E-state index in [9.17, 15) is 14.9 Å². The van der Waals surface area contributed by atoms with Gasteiger partial charge in [-0.15, -0.1) is 0 Å². The Hall–Kier alpha value is -2.26. The molecule has 1 aromatic carbocycles. The quantitative estimate of drug-likeness (QED) is 0.696. The molecule has 1 amide bonds. The van der Waals surface area contributed by atoms with Crippen LogP contribution in [-0.2, 0) is 19.7 Å². The SMILES string of the molecule is CCOC(=O)C(C#N)C1(c2cccc(Cl)c2)CCN(C(=O)OC(C)(C)C)CC1. The number of nitrogens with zero attached hydrogens (tertiary/aromatic N) is 2. The fraction of sp³-hybridized carbons (Fsp3) is 0.571. The number of hydrogen-bond acceptors (Lipinski definition) is 5. The number of nitriles is 1. The first-order chi connectivity index (χ1) is 13.1. The van der Waals surface area contributed by atoms with Crippen LogP contribution in [0.5, 0.6) is 0 Å². The van der Waals surface area contributed by atoms with E-state index >= 15 is 0 Å². The van der Waals surface area contributed by atoms with Crippen molar-refractivity contribution in [1.82, 2.24) is 4.90 Å². The second kappa shape index (κ2) is 8.83. The minimum Gasteiger partial charge on any atom is -0.465 e. The van der Waals surface area contributed by atoms with E-state index < -0.39 is 29.0 Å². The Kier molecular flexibility index (Phi) is 6.95. The molecule has 1 heterocycles. The second-order valence-electron chi connectivity index (χ2n) is 7.95. The van der Waals surface area contributed by atoms with E-state index in [2.05, 4.69) is 6.07 Å². The molecule has 0 saturated carbocycles. The van der Waals surface area contributed by atoms with Gasteiger partial charge >= 0.3 is 12.1 Å². The molecule has 0 aliphatic carbocycles. The fourth-order valence-electron chi connectivity index (χ4n) is 3.58. The van der Waals surface area contributed by atoms with Crippen molar-refractivity contribution in [3.05, 3.63) is 34.9 Å². The number of esters is 1. The zero-order chi connectivity index (χ0) is 20.9. The number of carbonyl (C=O) groups excluding carboxylic acids is 2. The summed E-state index contributed by atoms with van der Waals surface area (Å²) in [4.78, 5) is 26.6. The molecule has 1 unspecified atom stereocenters. The summed E-state index contributed by atoms with van der Waals surface area (Å²) in [6.45, 7) is 8.11. The minimum atomic E-state index is -0.980. The van der Waals surface area contributed by atoms with Gasteiger partial charge in [-0.2, -0.15) is 5.26 Å². The molecule has 28 heavy (non-hydrogen) atoms. The van der Waals surface area contributed by atoms with E-state index in [-0.39, 0.29) is 6.61 Å². The number of halogens is 1. The summed E-state index contributed by atoms with van der Waals surface area (Å²) in [6.07, 6.45) is 0.476. The summed E-state index contributed by atoms with van der Waals surface area (Å²) >= 11 is 6.18. The van der Waals surface area contributed by atoms with Gasteiger partial charge in [0.05, 0.1) is 12.7 Å². The molecule has 1 fully saturated rings. The molecule has 6 nitrogen and oxygen atoms in total. The van der Waals surface area contributed by atoms with Gasteiger partial charge in [0.2, 0.25) is 0 Å². The summed E-state index contributed by atoms with van der Waals surface area (Å²) in [5, 5.41) is 10.3. The van der Waals surface area contributed by atoms with Gasteiger partial charge in [-0.3, -0.25) is 4.79 Å². The third kappa shape index (κ3) is 4.96. The Morgan fingerprint density at radius 2 is 1.96 bits per heavy atom. The van der Waals surface area contributed by atoms with E-state index in [0.717, 1.165) is 5.56 Å². The van der Waals surface area contributed by atoms with Gasteiger partial charge < -0.3 is 14.4 Å². The summed E-state index contributed by atoms with van der Waals surface area (Å²) in [5.41, 5.74) is -0.549. The summed E-state index contributed by atoms with van der Waals surface area (Å²) in [5.74, 6) is -1.53. The summed E-state index contributed by atoms with van der Waals surface area (Å²) < 4.78 is 10.6. The molecule has 0 radical (unpaired) electrons. The first kappa shape index (κ1) is 22.0. The third-order valence-corrected chi connectivity index (χ3v) is 5.15. The van der Waals surface area contributed by atoms with Gasteiger partial charge in [-0.05, 0) is 58.2 Å². The van der Waals surface area contributed by atoms with Crippen LogP contribution in [-0.4, -0.2) is 42.3 Å². The molecular formula is C21H27ClN2O4. The number of hydrogen-bond donors (Lipinski definition) is 0. The fourth-order valence-corrected chi connectivity index (χ4v) is 3.77. The Bertz CT molecular complexity index is 758. The topological polar surface area (TPSA) is 79.6 Å². The first-order valence-corrected chi connectivity index (χ1v) is 9.81. The van der Waals surface area contributed by atoms with Gasteiger partial charge in [0.25, 0.3) is 0 Å². The van der Waals surface area contributed by atoms with Crippen molar-refractivity contribution in [1.29, 1.82) is 5.26 Å². The maximum atomic E-state index is 12.6. The third-order valence-electron chi connectivity index (χ3n) is 4.91. The van der Waals surface area contributed by atoms with Gasteiger partial charge in [-0.1, -0.05) is 23.7 Å². The Balaban J connectivity index is 2.34. The van der Waals surface area contributed by atoms with Crippen LogP contribution in [0.25, 0.3) is 0 Å². The van der Waals surface area contributed by atoms with Crippen LogP contribution in [0.4, 0.5) is 4.79 Å². The van der Waals surface area contributed by atoms with Gasteiger partial charge in [0.15, 0.2) is 5.92 Å². The van der Waals surface area contributed by atoms with Crippen molar-refractivity contribution in [3.63, 3.8) is 0 Å². The van der Waals surface area contributed by atoms with Gasteiger partial charge in [0.1, 0.15) is 5.60 Å². The van der Waals surface area contributed by atoms with Crippen LogP contribution in [0.3, 0.4) is 0 Å². The van der Waals surface area contributed by atoms with Crippen LogP contribution in [0, 0.1) is 17.2 Å². The maximum Gasteiger partial charge on any atom is 0.410 e. The van der Waals surface area contributed by atoms with Crippen molar-refractivity contribution >= 4 is 23.7 Å². The molecule has 1 aliphatic rings. The average molecular weight is 407 g/mol. The molecule has 1 saturated heterocycles. The lowest BCUT2D eigenvalue weighted by atomic mass is 9.64. The number of benzene rings is 1. The smallest absolute Gasteiger partial charge is 0.410 e. The van der Waals surface area contributed by atoms with Crippen LogP contribution in [0.15, 0.2) is 24.3 Å². The van der Waals surface area contributed by atoms with Crippen molar-refractivity contribution in [3.8, 4) is 6.07 Å². The first-order valence-electron chi connectivity index (χ1n) is 9.43. The Morgan fingerprint density at radius 3 is 2.46 bits per heavy atom. The van der Waals surface area contributed by atoms with Gasteiger partial charge in [0, 0.05) is 23.5 Å². The van der Waals surface area contributed by atoms with Crippen LogP contribution in [0.1, 0.15) is 46.1 Å².